The van der Waals surface area contributed by atoms with Gasteiger partial charge in [-0.05, 0) is 36.4 Å². The largest absolute Gasteiger partial charge is 0.495 e. The Morgan fingerprint density at radius 1 is 1.21 bits per heavy atom. The number of esters is 1. The number of benzene rings is 1. The van der Waals surface area contributed by atoms with Crippen molar-refractivity contribution in [1.29, 1.82) is 0 Å². The lowest BCUT2D eigenvalue weighted by Crippen LogP contribution is -2.15. The molecule has 0 unspecified atom stereocenters. The Morgan fingerprint density at radius 3 is 2.61 bits per heavy atom. The highest BCUT2D eigenvalue weighted by atomic mass is 32.2. The third-order valence-electron chi connectivity index (χ3n) is 3.62. The number of anilines is 1. The number of amides is 1. The number of sulfonamides is 1. The number of hydrogen-bond acceptors (Lipinski definition) is 7. The highest BCUT2D eigenvalue weighted by Gasteiger charge is 2.16. The molecule has 150 valence electrons. The molecule has 28 heavy (non-hydrogen) atoms. The molecule has 9 nitrogen and oxygen atoms in total. The van der Waals surface area contributed by atoms with Crippen LogP contribution in [0.1, 0.15) is 17.9 Å². The van der Waals surface area contributed by atoms with Gasteiger partial charge in [0.05, 0.1) is 20.6 Å². The summed E-state index contributed by atoms with van der Waals surface area (Å²) in [6.07, 6.45) is 3.25. The maximum Gasteiger partial charge on any atom is 0.305 e. The van der Waals surface area contributed by atoms with E-state index in [9.17, 15) is 18.0 Å². The summed E-state index contributed by atoms with van der Waals surface area (Å²) in [4.78, 5) is 22.9. The van der Waals surface area contributed by atoms with E-state index in [0.717, 1.165) is 0 Å². The number of ether oxygens (including phenoxy) is 2. The summed E-state index contributed by atoms with van der Waals surface area (Å²) in [5.74, 6) is 0.240. The Bertz CT molecular complexity index is 993. The number of nitrogens with two attached hydrogens (primary N) is 1. The normalized spacial score (nSPS) is 11.4. The van der Waals surface area contributed by atoms with E-state index in [2.05, 4.69) is 10.1 Å². The van der Waals surface area contributed by atoms with Gasteiger partial charge in [0.25, 0.3) is 0 Å². The molecule has 0 radical (unpaired) electrons. The second-order valence-corrected chi connectivity index (χ2v) is 7.14. The molecule has 10 heteroatoms. The van der Waals surface area contributed by atoms with E-state index in [-0.39, 0.29) is 28.7 Å². The topological polar surface area (TPSA) is 138 Å². The molecule has 0 aliphatic heterocycles. The van der Waals surface area contributed by atoms with Crippen LogP contribution in [0.15, 0.2) is 45.7 Å². The van der Waals surface area contributed by atoms with Crippen LogP contribution in [0, 0.1) is 0 Å². The first-order valence-corrected chi connectivity index (χ1v) is 9.63. The lowest BCUT2D eigenvalue weighted by molar-refractivity contribution is -0.140. The molecule has 0 aliphatic rings. The van der Waals surface area contributed by atoms with Gasteiger partial charge in [-0.1, -0.05) is 0 Å². The summed E-state index contributed by atoms with van der Waals surface area (Å²) < 4.78 is 38.2. The molecule has 3 N–H and O–H groups in total. The van der Waals surface area contributed by atoms with Crippen molar-refractivity contribution >= 4 is 33.7 Å². The number of furan rings is 1. The molecule has 1 aromatic heterocycles. The molecule has 0 aliphatic carbocycles. The molecule has 0 spiro atoms. The molecular formula is C18H20N2O7S. The Morgan fingerprint density at radius 2 is 1.96 bits per heavy atom. The van der Waals surface area contributed by atoms with Crippen LogP contribution in [-0.2, 0) is 30.8 Å². The van der Waals surface area contributed by atoms with Gasteiger partial charge in [0.1, 0.15) is 22.2 Å². The van der Waals surface area contributed by atoms with Crippen molar-refractivity contribution in [2.24, 2.45) is 5.14 Å². The van der Waals surface area contributed by atoms with E-state index >= 15 is 0 Å². The van der Waals surface area contributed by atoms with Crippen LogP contribution in [0.5, 0.6) is 5.75 Å². The SMILES string of the molecule is COC(=O)CCc1ccc(/C=C/C(=O)Nc2ccc(OC)c(S(N)(=O)=O)c2)o1. The van der Waals surface area contributed by atoms with E-state index in [1.54, 1.807) is 12.1 Å². The molecule has 0 bridgehead atoms. The van der Waals surface area contributed by atoms with Crippen LogP contribution in [0.4, 0.5) is 5.69 Å². The predicted octanol–water partition coefficient (Wildman–Crippen LogP) is 1.69. The van der Waals surface area contributed by atoms with E-state index in [1.807, 2.05) is 0 Å². The predicted molar refractivity (Wildman–Crippen MR) is 101 cm³/mol. The second kappa shape index (κ2) is 9.20. The van der Waals surface area contributed by atoms with Crippen LogP contribution in [0.2, 0.25) is 0 Å². The molecule has 2 rings (SSSR count). The number of hydrogen-bond donors (Lipinski definition) is 2. The molecular weight excluding hydrogens is 388 g/mol. The van der Waals surface area contributed by atoms with Crippen LogP contribution in [0.25, 0.3) is 6.08 Å². The average molecular weight is 408 g/mol. The summed E-state index contributed by atoms with van der Waals surface area (Å²) in [5.41, 5.74) is 0.234. The quantitative estimate of drug-likeness (QED) is 0.501. The molecule has 1 aromatic carbocycles. The summed E-state index contributed by atoms with van der Waals surface area (Å²) >= 11 is 0. The minimum atomic E-state index is -4.01. The fraction of sp³-hybridized carbons (Fsp3) is 0.222. The van der Waals surface area contributed by atoms with E-state index in [0.29, 0.717) is 17.9 Å². The third-order valence-corrected chi connectivity index (χ3v) is 4.55. The number of methoxy groups -OCH3 is 2. The fourth-order valence-corrected chi connectivity index (χ4v) is 2.99. The second-order valence-electron chi connectivity index (χ2n) is 5.61. The number of carbonyl (C=O) groups is 2. The smallest absolute Gasteiger partial charge is 0.305 e. The van der Waals surface area contributed by atoms with E-state index in [4.69, 9.17) is 14.3 Å². The standard InChI is InChI=1S/C18H20N2O7S/c1-25-15-8-3-12(11-16(15)28(19,23)24)20-17(21)9-6-13-4-5-14(27-13)7-10-18(22)26-2/h3-6,8-9,11H,7,10H2,1-2H3,(H,20,21)(H2,19,23,24)/b9-6+. The van der Waals surface area contributed by atoms with Crippen molar-refractivity contribution in [3.63, 3.8) is 0 Å². The lowest BCUT2D eigenvalue weighted by Gasteiger charge is -2.09. The monoisotopic (exact) mass is 408 g/mol. The Hall–Kier alpha value is -3.11. The van der Waals surface area contributed by atoms with Gasteiger partial charge in [0.15, 0.2) is 0 Å². The highest BCUT2D eigenvalue weighted by molar-refractivity contribution is 7.89. The van der Waals surface area contributed by atoms with Crippen molar-refractivity contribution in [3.8, 4) is 5.75 Å². The first-order valence-electron chi connectivity index (χ1n) is 8.08. The summed E-state index contributed by atoms with van der Waals surface area (Å²) in [6, 6.07) is 7.43. The number of nitrogens with one attached hydrogen (secondary N) is 1. The van der Waals surface area contributed by atoms with Crippen molar-refractivity contribution < 1.29 is 31.9 Å². The fourth-order valence-electron chi connectivity index (χ4n) is 2.26. The van der Waals surface area contributed by atoms with Gasteiger partial charge < -0.3 is 19.2 Å². The van der Waals surface area contributed by atoms with Crippen molar-refractivity contribution in [2.75, 3.05) is 19.5 Å². The summed E-state index contributed by atoms with van der Waals surface area (Å²) in [6.45, 7) is 0. The molecule has 1 amide bonds. The Balaban J connectivity index is 2.02. The van der Waals surface area contributed by atoms with Gasteiger partial charge in [-0.25, -0.2) is 13.6 Å². The van der Waals surface area contributed by atoms with Gasteiger partial charge in [-0.2, -0.15) is 0 Å². The molecule has 1 heterocycles. The molecule has 0 saturated carbocycles. The summed E-state index contributed by atoms with van der Waals surface area (Å²) in [7, 11) is -1.39. The minimum Gasteiger partial charge on any atom is -0.495 e. The average Bonchev–Trinajstić information content (AvgIpc) is 3.11. The molecule has 0 atom stereocenters. The molecule has 2 aromatic rings. The van der Waals surface area contributed by atoms with Gasteiger partial charge in [-0.3, -0.25) is 9.59 Å². The highest BCUT2D eigenvalue weighted by Crippen LogP contribution is 2.26. The van der Waals surface area contributed by atoms with Crippen molar-refractivity contribution in [1.82, 2.24) is 0 Å². The van der Waals surface area contributed by atoms with Crippen LogP contribution in [0.3, 0.4) is 0 Å². The Labute approximate surface area is 162 Å². The minimum absolute atomic E-state index is 0.0751. The van der Waals surface area contributed by atoms with E-state index < -0.39 is 15.9 Å². The summed E-state index contributed by atoms with van der Waals surface area (Å²) in [5, 5.41) is 7.67. The zero-order chi connectivity index (χ0) is 20.7. The maximum atomic E-state index is 12.0. The van der Waals surface area contributed by atoms with Crippen molar-refractivity contribution in [3.05, 3.63) is 47.9 Å². The van der Waals surface area contributed by atoms with Gasteiger partial charge in [0, 0.05) is 18.2 Å². The number of carbonyl (C=O) groups excluding carboxylic acids is 2. The number of rotatable bonds is 8. The third kappa shape index (κ3) is 5.96. The van der Waals surface area contributed by atoms with Gasteiger partial charge in [0.2, 0.25) is 15.9 Å². The first-order chi connectivity index (χ1) is 13.2. The van der Waals surface area contributed by atoms with Crippen LogP contribution < -0.4 is 15.2 Å². The maximum absolute atomic E-state index is 12.0. The first kappa shape index (κ1) is 21.2. The number of aryl methyl sites for hydroxylation is 1. The van der Waals surface area contributed by atoms with E-state index in [1.165, 1.54) is 44.6 Å². The molecule has 0 fully saturated rings. The Kier molecular flexibility index (Phi) is 6.96. The lowest BCUT2D eigenvalue weighted by atomic mass is 10.2. The number of primary sulfonamides is 1. The van der Waals surface area contributed by atoms with Gasteiger partial charge in [-0.15, -0.1) is 0 Å². The van der Waals surface area contributed by atoms with Crippen molar-refractivity contribution in [2.45, 2.75) is 17.7 Å². The zero-order valence-electron chi connectivity index (χ0n) is 15.3. The zero-order valence-corrected chi connectivity index (χ0v) is 16.1. The van der Waals surface area contributed by atoms with Crippen LogP contribution >= 0.6 is 0 Å². The molecule has 0 saturated heterocycles. The van der Waals surface area contributed by atoms with Crippen LogP contribution in [-0.4, -0.2) is 34.5 Å². The van der Waals surface area contributed by atoms with Gasteiger partial charge >= 0.3 is 5.97 Å².